The van der Waals surface area contributed by atoms with E-state index >= 15 is 0 Å². The zero-order valence-corrected chi connectivity index (χ0v) is 19.9. The first-order valence-corrected chi connectivity index (χ1v) is 12.8. The van der Waals surface area contributed by atoms with Crippen LogP contribution in [0.2, 0.25) is 0 Å². The lowest BCUT2D eigenvalue weighted by Gasteiger charge is -2.35. The zero-order valence-electron chi connectivity index (χ0n) is 19.9. The van der Waals surface area contributed by atoms with E-state index in [1.807, 2.05) is 13.0 Å². The molecule has 2 aromatic carbocycles. The van der Waals surface area contributed by atoms with Gasteiger partial charge in [-0.1, -0.05) is 24.4 Å². The van der Waals surface area contributed by atoms with Gasteiger partial charge in [-0.2, -0.15) is 0 Å². The molecule has 4 aromatic rings. The molecule has 0 N–H and O–H groups in total. The third-order valence-corrected chi connectivity index (χ3v) is 7.94. The fraction of sp³-hybridized carbons (Fsp3) is 0.500. The van der Waals surface area contributed by atoms with E-state index in [1.165, 1.54) is 62.6 Å². The second-order valence-electron chi connectivity index (χ2n) is 10.2. The number of aromatic nitrogens is 3. The first kappa shape index (κ1) is 20.8. The van der Waals surface area contributed by atoms with Crippen LogP contribution in [0.3, 0.4) is 0 Å². The first-order chi connectivity index (χ1) is 16.2. The summed E-state index contributed by atoms with van der Waals surface area (Å²) in [6, 6.07) is 13.9. The van der Waals surface area contributed by atoms with E-state index < -0.39 is 0 Å². The molecule has 1 aliphatic carbocycles. The Balaban J connectivity index is 1.48. The molecule has 33 heavy (non-hydrogen) atoms. The minimum absolute atomic E-state index is 0.601. The Kier molecular flexibility index (Phi) is 5.35. The number of benzene rings is 2. The number of aryl methyl sites for hydroxylation is 1. The van der Waals surface area contributed by atoms with Crippen molar-refractivity contribution in [3.05, 3.63) is 42.1 Å². The molecule has 0 amide bonds. The van der Waals surface area contributed by atoms with Crippen LogP contribution in [0.5, 0.6) is 0 Å². The van der Waals surface area contributed by atoms with Crippen molar-refractivity contribution >= 4 is 27.7 Å². The van der Waals surface area contributed by atoms with Gasteiger partial charge in [0, 0.05) is 35.8 Å². The van der Waals surface area contributed by atoms with E-state index in [4.69, 9.17) is 9.51 Å². The van der Waals surface area contributed by atoms with Crippen LogP contribution in [-0.4, -0.2) is 27.3 Å². The molecule has 0 bridgehead atoms. The monoisotopic (exact) mass is 442 g/mol. The summed E-state index contributed by atoms with van der Waals surface area (Å²) in [6.07, 6.45) is 10.7. The van der Waals surface area contributed by atoms with Crippen molar-refractivity contribution in [1.82, 2.24) is 14.7 Å². The van der Waals surface area contributed by atoms with Gasteiger partial charge in [0.05, 0.1) is 16.7 Å². The third-order valence-electron chi connectivity index (χ3n) is 7.94. The highest BCUT2D eigenvalue weighted by Gasteiger charge is 2.23. The zero-order chi connectivity index (χ0) is 22.4. The van der Waals surface area contributed by atoms with Gasteiger partial charge in [0.2, 0.25) is 0 Å². The quantitative estimate of drug-likeness (QED) is 0.338. The molecule has 5 nitrogen and oxygen atoms in total. The molecule has 2 aliphatic rings. The van der Waals surface area contributed by atoms with E-state index in [1.54, 1.807) is 0 Å². The van der Waals surface area contributed by atoms with Crippen LogP contribution in [0.4, 0.5) is 5.69 Å². The third kappa shape index (κ3) is 3.81. The Labute approximate surface area is 195 Å². The molecule has 172 valence electrons. The standard InChI is InChI=1S/C28H34N4O/c1-19-8-6-7-15-31(19)23-12-13-25-26(17-23)32(18-21-9-4-3-5-10-21)28(29-25)22-11-14-27-24(16-22)20(2)30-33-27/h11-14,16-17,19,21H,3-10,15,18H2,1-2H3. The van der Waals surface area contributed by atoms with E-state index in [0.29, 0.717) is 6.04 Å². The van der Waals surface area contributed by atoms with Crippen LogP contribution in [0.1, 0.15) is 64.0 Å². The Hall–Kier alpha value is -2.82. The number of rotatable bonds is 4. The van der Waals surface area contributed by atoms with Gasteiger partial charge in [-0.15, -0.1) is 0 Å². The highest BCUT2D eigenvalue weighted by atomic mass is 16.5. The van der Waals surface area contributed by atoms with Crippen LogP contribution in [0, 0.1) is 12.8 Å². The van der Waals surface area contributed by atoms with Gasteiger partial charge in [-0.3, -0.25) is 0 Å². The predicted octanol–water partition coefficient (Wildman–Crippen LogP) is 7.11. The van der Waals surface area contributed by atoms with Crippen LogP contribution >= 0.6 is 0 Å². The van der Waals surface area contributed by atoms with E-state index in [0.717, 1.165) is 52.6 Å². The lowest BCUT2D eigenvalue weighted by Crippen LogP contribution is -2.37. The molecule has 2 aromatic heterocycles. The lowest BCUT2D eigenvalue weighted by molar-refractivity contribution is 0.323. The number of fused-ring (bicyclic) bond motifs is 2. The van der Waals surface area contributed by atoms with Crippen molar-refractivity contribution < 1.29 is 4.52 Å². The summed E-state index contributed by atoms with van der Waals surface area (Å²) in [4.78, 5) is 7.76. The van der Waals surface area contributed by atoms with E-state index in [-0.39, 0.29) is 0 Å². The van der Waals surface area contributed by atoms with E-state index in [2.05, 4.69) is 51.9 Å². The van der Waals surface area contributed by atoms with Crippen LogP contribution in [0.25, 0.3) is 33.4 Å². The van der Waals surface area contributed by atoms with Crippen molar-refractivity contribution in [2.75, 3.05) is 11.4 Å². The minimum atomic E-state index is 0.601. The van der Waals surface area contributed by atoms with Gasteiger partial charge >= 0.3 is 0 Å². The number of anilines is 1. The summed E-state index contributed by atoms with van der Waals surface area (Å²) < 4.78 is 7.97. The Morgan fingerprint density at radius 1 is 0.970 bits per heavy atom. The van der Waals surface area contributed by atoms with Gasteiger partial charge < -0.3 is 14.0 Å². The van der Waals surface area contributed by atoms with Crippen molar-refractivity contribution in [3.8, 4) is 11.4 Å². The number of imidazole rings is 1. The first-order valence-electron chi connectivity index (χ1n) is 12.8. The maximum absolute atomic E-state index is 5.46. The Morgan fingerprint density at radius 2 is 1.82 bits per heavy atom. The molecule has 3 heterocycles. The summed E-state index contributed by atoms with van der Waals surface area (Å²) in [6.45, 7) is 6.57. The van der Waals surface area contributed by atoms with Crippen molar-refractivity contribution in [2.45, 2.75) is 77.8 Å². The maximum Gasteiger partial charge on any atom is 0.167 e. The lowest BCUT2D eigenvalue weighted by atomic mass is 9.89. The molecule has 2 fully saturated rings. The molecule has 1 aliphatic heterocycles. The molecule has 1 unspecified atom stereocenters. The van der Waals surface area contributed by atoms with Crippen molar-refractivity contribution in [1.29, 1.82) is 0 Å². The van der Waals surface area contributed by atoms with E-state index in [9.17, 15) is 0 Å². The summed E-state index contributed by atoms with van der Waals surface area (Å²) in [5.41, 5.74) is 6.63. The molecule has 1 atom stereocenters. The maximum atomic E-state index is 5.46. The molecule has 1 saturated carbocycles. The average molecular weight is 443 g/mol. The normalized spacial score (nSPS) is 20.2. The topological polar surface area (TPSA) is 47.1 Å². The smallest absolute Gasteiger partial charge is 0.167 e. The summed E-state index contributed by atoms with van der Waals surface area (Å²) in [5.74, 6) is 1.80. The van der Waals surface area contributed by atoms with Crippen LogP contribution < -0.4 is 4.90 Å². The number of nitrogens with zero attached hydrogens (tertiary/aromatic N) is 4. The summed E-state index contributed by atoms with van der Waals surface area (Å²) >= 11 is 0. The molecule has 5 heteroatoms. The molecule has 1 saturated heterocycles. The molecule has 0 spiro atoms. The van der Waals surface area contributed by atoms with Gasteiger partial charge in [-0.05, 0) is 88.3 Å². The average Bonchev–Trinajstić information content (AvgIpc) is 3.40. The number of piperidine rings is 1. The van der Waals surface area contributed by atoms with Crippen LogP contribution in [-0.2, 0) is 6.54 Å². The molecular formula is C28H34N4O. The second-order valence-corrected chi connectivity index (χ2v) is 10.2. The fourth-order valence-electron chi connectivity index (χ4n) is 6.00. The predicted molar refractivity (Wildman–Crippen MR) is 135 cm³/mol. The second kappa shape index (κ2) is 8.51. The number of hydrogen-bond donors (Lipinski definition) is 0. The largest absolute Gasteiger partial charge is 0.369 e. The van der Waals surface area contributed by atoms with Crippen molar-refractivity contribution in [2.24, 2.45) is 5.92 Å². The fourth-order valence-corrected chi connectivity index (χ4v) is 6.00. The number of hydrogen-bond acceptors (Lipinski definition) is 4. The SMILES string of the molecule is Cc1noc2ccc(-c3nc4ccc(N5CCCCC5C)cc4n3CC3CCCCC3)cc12. The molecule has 0 radical (unpaired) electrons. The van der Waals surface area contributed by atoms with Gasteiger partial charge in [0.15, 0.2) is 5.58 Å². The van der Waals surface area contributed by atoms with Crippen LogP contribution in [0.15, 0.2) is 40.9 Å². The minimum Gasteiger partial charge on any atom is -0.369 e. The molecule has 6 rings (SSSR count). The highest BCUT2D eigenvalue weighted by Crippen LogP contribution is 2.35. The summed E-state index contributed by atoms with van der Waals surface area (Å²) in [7, 11) is 0. The van der Waals surface area contributed by atoms with Gasteiger partial charge in [0.1, 0.15) is 5.82 Å². The Morgan fingerprint density at radius 3 is 2.67 bits per heavy atom. The molecular weight excluding hydrogens is 408 g/mol. The van der Waals surface area contributed by atoms with Gasteiger partial charge in [-0.25, -0.2) is 4.98 Å². The Bertz CT molecular complexity index is 1280. The highest BCUT2D eigenvalue weighted by molar-refractivity contribution is 5.88. The van der Waals surface area contributed by atoms with Crippen molar-refractivity contribution in [3.63, 3.8) is 0 Å². The van der Waals surface area contributed by atoms with Gasteiger partial charge in [0.25, 0.3) is 0 Å². The summed E-state index contributed by atoms with van der Waals surface area (Å²) in [5, 5.41) is 5.23.